The van der Waals surface area contributed by atoms with Gasteiger partial charge in [0.1, 0.15) is 6.54 Å². The molecule has 0 radical (unpaired) electrons. The van der Waals surface area contributed by atoms with Crippen LogP contribution in [0.5, 0.6) is 0 Å². The molecule has 0 bridgehead atoms. The zero-order chi connectivity index (χ0) is 7.56. The molecule has 0 unspecified atom stereocenters. The molecular weight excluding hydrogens is 138 g/mol. The minimum absolute atomic E-state index is 0.114. The van der Waals surface area contributed by atoms with Gasteiger partial charge in [-0.3, -0.25) is 20.3 Å². The second kappa shape index (κ2) is 2.34. The number of hydrazine groups is 1. The zero-order valence-corrected chi connectivity index (χ0v) is 4.96. The van der Waals surface area contributed by atoms with E-state index in [9.17, 15) is 14.4 Å². The van der Waals surface area contributed by atoms with Crippen LogP contribution in [0.1, 0.15) is 0 Å². The van der Waals surface area contributed by atoms with Crippen molar-refractivity contribution in [2.45, 2.75) is 0 Å². The fourth-order valence-electron chi connectivity index (χ4n) is 0.610. The molecule has 2 N–H and O–H groups in total. The Balaban J connectivity index is 2.54. The molecule has 0 aromatic rings. The van der Waals surface area contributed by atoms with Crippen molar-refractivity contribution < 1.29 is 14.4 Å². The van der Waals surface area contributed by atoms with E-state index in [4.69, 9.17) is 0 Å². The molecule has 0 saturated carbocycles. The lowest BCUT2D eigenvalue weighted by Gasteiger charge is -2.08. The van der Waals surface area contributed by atoms with Gasteiger partial charge in [0, 0.05) is 0 Å². The van der Waals surface area contributed by atoms with Crippen LogP contribution in [0.15, 0.2) is 0 Å². The lowest BCUT2D eigenvalue weighted by Crippen LogP contribution is -2.39. The zero-order valence-electron chi connectivity index (χ0n) is 4.96. The van der Waals surface area contributed by atoms with Crippen molar-refractivity contribution in [2.75, 3.05) is 6.54 Å². The number of nitrogens with zero attached hydrogens (tertiary/aromatic N) is 1. The lowest BCUT2D eigenvalue weighted by atomic mass is 10.6. The second-order valence-corrected chi connectivity index (χ2v) is 1.69. The first-order valence-electron chi connectivity index (χ1n) is 2.55. The van der Waals surface area contributed by atoms with E-state index in [1.54, 1.807) is 0 Å². The van der Waals surface area contributed by atoms with Gasteiger partial charge in [-0.05, 0) is 0 Å². The highest BCUT2D eigenvalue weighted by atomic mass is 16.2. The van der Waals surface area contributed by atoms with Gasteiger partial charge in [0.25, 0.3) is 0 Å². The average molecular weight is 143 g/mol. The third-order valence-corrected chi connectivity index (χ3v) is 1.00. The number of carbonyl (C=O) groups is 3. The molecule has 0 aromatic heterocycles. The topological polar surface area (TPSA) is 78.5 Å². The number of hydrogen-bond donors (Lipinski definition) is 2. The van der Waals surface area contributed by atoms with Crippen LogP contribution in [0.2, 0.25) is 0 Å². The molecule has 0 atom stereocenters. The number of rotatable bonds is 2. The summed E-state index contributed by atoms with van der Waals surface area (Å²) in [4.78, 5) is 30.7. The Kier molecular flexibility index (Phi) is 1.53. The molecule has 0 aromatic carbocycles. The minimum Gasteiger partial charge on any atom is -0.277 e. The Morgan fingerprint density at radius 3 is 2.70 bits per heavy atom. The van der Waals surface area contributed by atoms with Gasteiger partial charge in [-0.25, -0.2) is 9.80 Å². The summed E-state index contributed by atoms with van der Waals surface area (Å²) < 4.78 is 0. The van der Waals surface area contributed by atoms with Crippen LogP contribution in [-0.2, 0) is 9.59 Å². The van der Waals surface area contributed by atoms with Crippen LogP contribution >= 0.6 is 0 Å². The predicted molar refractivity (Wildman–Crippen MR) is 29.4 cm³/mol. The summed E-state index contributed by atoms with van der Waals surface area (Å²) in [6.45, 7) is -0.114. The van der Waals surface area contributed by atoms with E-state index < -0.39 is 11.9 Å². The summed E-state index contributed by atoms with van der Waals surface area (Å²) in [5.74, 6) is -0.417. The number of urea groups is 1. The summed E-state index contributed by atoms with van der Waals surface area (Å²) in [5.41, 5.74) is 2.04. The van der Waals surface area contributed by atoms with Gasteiger partial charge in [-0.1, -0.05) is 0 Å². The highest BCUT2D eigenvalue weighted by Crippen LogP contribution is 1.90. The Bertz CT molecular complexity index is 190. The fraction of sp³-hybridized carbons (Fsp3) is 0.250. The maximum Gasteiger partial charge on any atom is 0.343 e. The largest absolute Gasteiger partial charge is 0.343 e. The molecule has 4 amide bonds. The standard InChI is InChI=1S/C4H5N3O3/c8-2-5-7-1-3(9)6-4(7)10/h2H,1H2,(H,5,8)(H,6,9,10). The summed E-state index contributed by atoms with van der Waals surface area (Å²) in [6, 6.07) is -0.600. The molecule has 6 heteroatoms. The first-order chi connectivity index (χ1) is 4.74. The Morgan fingerprint density at radius 2 is 2.30 bits per heavy atom. The van der Waals surface area contributed by atoms with E-state index in [-0.39, 0.29) is 6.54 Å². The summed E-state index contributed by atoms with van der Waals surface area (Å²) in [5, 5.41) is 2.86. The van der Waals surface area contributed by atoms with Gasteiger partial charge in [-0.2, -0.15) is 0 Å². The van der Waals surface area contributed by atoms with Crippen LogP contribution < -0.4 is 10.7 Å². The van der Waals surface area contributed by atoms with Gasteiger partial charge in [0.2, 0.25) is 12.3 Å². The van der Waals surface area contributed by atoms with Crippen molar-refractivity contribution in [3.05, 3.63) is 0 Å². The van der Waals surface area contributed by atoms with Crippen LogP contribution in [0.25, 0.3) is 0 Å². The number of imide groups is 1. The van der Waals surface area contributed by atoms with Crippen molar-refractivity contribution in [1.82, 2.24) is 15.8 Å². The van der Waals surface area contributed by atoms with E-state index >= 15 is 0 Å². The molecule has 10 heavy (non-hydrogen) atoms. The highest BCUT2D eigenvalue weighted by Gasteiger charge is 2.25. The summed E-state index contributed by atoms with van der Waals surface area (Å²) in [7, 11) is 0. The highest BCUT2D eigenvalue weighted by molar-refractivity contribution is 6.01. The molecule has 1 aliphatic heterocycles. The summed E-state index contributed by atoms with van der Waals surface area (Å²) in [6.07, 6.45) is 0.332. The molecular formula is C4H5N3O3. The number of carbonyl (C=O) groups excluding carboxylic acids is 3. The van der Waals surface area contributed by atoms with Crippen molar-refractivity contribution in [3.63, 3.8) is 0 Å². The molecule has 1 fully saturated rings. The quantitative estimate of drug-likeness (QED) is 0.353. The summed E-state index contributed by atoms with van der Waals surface area (Å²) >= 11 is 0. The van der Waals surface area contributed by atoms with Gasteiger partial charge in [0.15, 0.2) is 0 Å². The third kappa shape index (κ3) is 1.04. The normalized spacial score (nSPS) is 17.0. The van der Waals surface area contributed by atoms with Crippen molar-refractivity contribution in [2.24, 2.45) is 0 Å². The third-order valence-electron chi connectivity index (χ3n) is 1.00. The van der Waals surface area contributed by atoms with Crippen LogP contribution in [0, 0.1) is 0 Å². The molecule has 0 aliphatic carbocycles. The molecule has 1 aliphatic rings. The van der Waals surface area contributed by atoms with Gasteiger partial charge in [0.05, 0.1) is 0 Å². The van der Waals surface area contributed by atoms with E-state index in [1.807, 2.05) is 10.7 Å². The van der Waals surface area contributed by atoms with Crippen molar-refractivity contribution in [1.29, 1.82) is 0 Å². The first kappa shape index (κ1) is 6.53. The van der Waals surface area contributed by atoms with Gasteiger partial charge in [-0.15, -0.1) is 0 Å². The van der Waals surface area contributed by atoms with E-state index in [0.29, 0.717) is 6.41 Å². The van der Waals surface area contributed by atoms with Gasteiger partial charge < -0.3 is 0 Å². The number of nitrogens with one attached hydrogen (secondary N) is 2. The molecule has 0 spiro atoms. The average Bonchev–Trinajstić information content (AvgIpc) is 2.13. The fourth-order valence-corrected chi connectivity index (χ4v) is 0.610. The minimum atomic E-state index is -0.600. The van der Waals surface area contributed by atoms with Crippen LogP contribution in [-0.4, -0.2) is 29.9 Å². The molecule has 1 heterocycles. The smallest absolute Gasteiger partial charge is 0.277 e. The monoisotopic (exact) mass is 143 g/mol. The maximum atomic E-state index is 10.5. The van der Waals surface area contributed by atoms with Crippen molar-refractivity contribution in [3.8, 4) is 0 Å². The second-order valence-electron chi connectivity index (χ2n) is 1.69. The van der Waals surface area contributed by atoms with Gasteiger partial charge >= 0.3 is 6.03 Å². The van der Waals surface area contributed by atoms with Crippen molar-refractivity contribution >= 4 is 18.3 Å². The van der Waals surface area contributed by atoms with Crippen LogP contribution in [0.4, 0.5) is 4.79 Å². The molecule has 1 rings (SSSR count). The van der Waals surface area contributed by atoms with E-state index in [0.717, 1.165) is 5.01 Å². The molecule has 54 valence electrons. The Hall–Kier alpha value is -1.59. The predicted octanol–water partition coefficient (Wildman–Crippen LogP) is -1.80. The Morgan fingerprint density at radius 1 is 1.60 bits per heavy atom. The van der Waals surface area contributed by atoms with E-state index in [2.05, 4.69) is 0 Å². The first-order valence-corrected chi connectivity index (χ1v) is 2.55. The molecule has 1 saturated heterocycles. The lowest BCUT2D eigenvalue weighted by molar-refractivity contribution is -0.119. The van der Waals surface area contributed by atoms with Crippen LogP contribution in [0.3, 0.4) is 0 Å². The van der Waals surface area contributed by atoms with E-state index in [1.165, 1.54) is 0 Å². The number of amides is 4. The maximum absolute atomic E-state index is 10.5. The number of hydrogen-bond acceptors (Lipinski definition) is 3. The Labute approximate surface area is 56.1 Å². The SMILES string of the molecule is O=CNN1CC(=O)NC1=O. The molecule has 6 nitrogen and oxygen atoms in total.